The molecule has 2 nitrogen and oxygen atoms in total. The molecule has 0 aromatic carbocycles. The highest BCUT2D eigenvalue weighted by atomic mass is 16.3. The third-order valence-electron chi connectivity index (χ3n) is 2.80. The van der Waals surface area contributed by atoms with Crippen molar-refractivity contribution in [3.8, 4) is 0 Å². The lowest BCUT2D eigenvalue weighted by Gasteiger charge is -2.26. The molecule has 0 radical (unpaired) electrons. The smallest absolute Gasteiger partial charge is 0.0827 e. The largest absolute Gasteiger partial charge is 0.390 e. The fourth-order valence-corrected chi connectivity index (χ4v) is 1.16. The van der Waals surface area contributed by atoms with Gasteiger partial charge in [0.15, 0.2) is 0 Å². The lowest BCUT2D eigenvalue weighted by Crippen LogP contribution is -2.36. The predicted octanol–water partition coefficient (Wildman–Crippen LogP) is 1.80. The van der Waals surface area contributed by atoms with Gasteiger partial charge in [-0.1, -0.05) is 40.5 Å². The van der Waals surface area contributed by atoms with E-state index in [1.54, 1.807) is 0 Å². The normalized spacial score (nSPS) is 21.5. The topological polar surface area (TPSA) is 40.5 Å². The minimum absolute atomic E-state index is 0.189. The summed E-state index contributed by atoms with van der Waals surface area (Å²) >= 11 is 0. The van der Waals surface area contributed by atoms with E-state index in [1.807, 2.05) is 27.7 Å². The third kappa shape index (κ3) is 3.11. The Morgan fingerprint density at radius 1 is 0.833 bits per heavy atom. The lowest BCUT2D eigenvalue weighted by molar-refractivity contribution is -0.0413. The van der Waals surface area contributed by atoms with E-state index in [9.17, 15) is 10.2 Å². The van der Waals surface area contributed by atoms with Crippen molar-refractivity contribution in [1.29, 1.82) is 0 Å². The van der Waals surface area contributed by atoms with Crippen LogP contribution in [0.3, 0.4) is 0 Å². The highest BCUT2D eigenvalue weighted by Crippen LogP contribution is 2.18. The summed E-state index contributed by atoms with van der Waals surface area (Å²) in [6, 6.07) is 0. The number of rotatable bonds is 5. The maximum Gasteiger partial charge on any atom is 0.0827 e. The first-order valence-electron chi connectivity index (χ1n) is 4.90. The molecule has 0 saturated carbocycles. The first-order valence-corrected chi connectivity index (χ1v) is 4.90. The van der Waals surface area contributed by atoms with Gasteiger partial charge in [-0.05, 0) is 11.8 Å². The van der Waals surface area contributed by atoms with Gasteiger partial charge in [0.1, 0.15) is 0 Å². The third-order valence-corrected chi connectivity index (χ3v) is 2.80. The Kier molecular flexibility index (Phi) is 5.51. The molecule has 0 aliphatic carbocycles. The zero-order chi connectivity index (χ0) is 9.72. The lowest BCUT2D eigenvalue weighted by atomic mass is 9.89. The van der Waals surface area contributed by atoms with Gasteiger partial charge in [-0.2, -0.15) is 0 Å². The van der Waals surface area contributed by atoms with Crippen LogP contribution in [0.4, 0.5) is 0 Å². The van der Waals surface area contributed by atoms with Crippen LogP contribution in [0.2, 0.25) is 0 Å². The maximum absolute atomic E-state index is 9.64. The fourth-order valence-electron chi connectivity index (χ4n) is 1.16. The molecule has 0 rings (SSSR count). The standard InChI is InChI=1S/C10H22O2/c1-5-7(3)9(11)10(12)8(4)6-2/h7-12H,5-6H2,1-4H3/t7?,8?,9-,10-/m1/s1. The maximum atomic E-state index is 9.64. The Bertz CT molecular complexity index is 100. The van der Waals surface area contributed by atoms with E-state index in [0.29, 0.717) is 0 Å². The van der Waals surface area contributed by atoms with Gasteiger partial charge in [0.2, 0.25) is 0 Å². The Morgan fingerprint density at radius 3 is 1.25 bits per heavy atom. The Labute approximate surface area is 75.6 Å². The van der Waals surface area contributed by atoms with Crippen molar-refractivity contribution in [3.05, 3.63) is 0 Å². The van der Waals surface area contributed by atoms with Crippen molar-refractivity contribution < 1.29 is 10.2 Å². The van der Waals surface area contributed by atoms with Gasteiger partial charge in [-0.15, -0.1) is 0 Å². The number of hydrogen-bond acceptors (Lipinski definition) is 2. The van der Waals surface area contributed by atoms with Crippen LogP contribution in [0.25, 0.3) is 0 Å². The second kappa shape index (κ2) is 5.55. The van der Waals surface area contributed by atoms with Crippen LogP contribution >= 0.6 is 0 Å². The molecular formula is C10H22O2. The monoisotopic (exact) mass is 174 g/mol. The summed E-state index contributed by atoms with van der Waals surface area (Å²) in [7, 11) is 0. The molecule has 2 N–H and O–H groups in total. The van der Waals surface area contributed by atoms with Crippen LogP contribution in [0.15, 0.2) is 0 Å². The molecular weight excluding hydrogens is 152 g/mol. The zero-order valence-electron chi connectivity index (χ0n) is 8.62. The fraction of sp³-hybridized carbons (Fsp3) is 1.00. The van der Waals surface area contributed by atoms with Crippen molar-refractivity contribution in [2.45, 2.75) is 52.7 Å². The second-order valence-corrected chi connectivity index (χ2v) is 3.75. The minimum atomic E-state index is -0.565. The van der Waals surface area contributed by atoms with Crippen molar-refractivity contribution in [2.75, 3.05) is 0 Å². The van der Waals surface area contributed by atoms with E-state index in [-0.39, 0.29) is 11.8 Å². The molecule has 2 heteroatoms. The minimum Gasteiger partial charge on any atom is -0.390 e. The summed E-state index contributed by atoms with van der Waals surface area (Å²) in [5, 5.41) is 19.3. The summed E-state index contributed by atoms with van der Waals surface area (Å²) in [6.45, 7) is 7.99. The highest BCUT2D eigenvalue weighted by molar-refractivity contribution is 4.75. The molecule has 0 amide bonds. The Balaban J connectivity index is 3.99. The molecule has 0 bridgehead atoms. The van der Waals surface area contributed by atoms with Gasteiger partial charge >= 0.3 is 0 Å². The highest BCUT2D eigenvalue weighted by Gasteiger charge is 2.25. The summed E-state index contributed by atoms with van der Waals surface area (Å²) < 4.78 is 0. The molecule has 0 spiro atoms. The van der Waals surface area contributed by atoms with Crippen LogP contribution in [-0.4, -0.2) is 22.4 Å². The van der Waals surface area contributed by atoms with E-state index >= 15 is 0 Å². The summed E-state index contributed by atoms with van der Waals surface area (Å²) in [6.07, 6.45) is 0.693. The van der Waals surface area contributed by atoms with Crippen LogP contribution in [0.1, 0.15) is 40.5 Å². The molecule has 0 aliphatic heterocycles. The van der Waals surface area contributed by atoms with Crippen LogP contribution in [0.5, 0.6) is 0 Å². The first-order chi connectivity index (χ1) is 5.54. The SMILES string of the molecule is CCC(C)[C@@H](O)[C@H](O)C(C)CC. The first kappa shape index (κ1) is 11.9. The molecule has 0 aromatic heterocycles. The molecule has 0 aliphatic rings. The van der Waals surface area contributed by atoms with Gasteiger partial charge in [0, 0.05) is 0 Å². The van der Waals surface area contributed by atoms with Crippen LogP contribution in [-0.2, 0) is 0 Å². The van der Waals surface area contributed by atoms with Crippen molar-refractivity contribution in [3.63, 3.8) is 0 Å². The van der Waals surface area contributed by atoms with Gasteiger partial charge in [0.05, 0.1) is 12.2 Å². The number of aliphatic hydroxyl groups excluding tert-OH is 2. The molecule has 0 saturated heterocycles. The Morgan fingerprint density at radius 2 is 1.08 bits per heavy atom. The van der Waals surface area contributed by atoms with Crippen molar-refractivity contribution in [2.24, 2.45) is 11.8 Å². The van der Waals surface area contributed by atoms with E-state index in [1.165, 1.54) is 0 Å². The Hall–Kier alpha value is -0.0800. The molecule has 4 atom stereocenters. The molecule has 2 unspecified atom stereocenters. The number of aliphatic hydroxyl groups is 2. The van der Waals surface area contributed by atoms with Crippen LogP contribution in [0, 0.1) is 11.8 Å². The van der Waals surface area contributed by atoms with Crippen molar-refractivity contribution >= 4 is 0 Å². The average molecular weight is 174 g/mol. The van der Waals surface area contributed by atoms with E-state index in [2.05, 4.69) is 0 Å². The van der Waals surface area contributed by atoms with E-state index in [0.717, 1.165) is 12.8 Å². The summed E-state index contributed by atoms with van der Waals surface area (Å²) in [5.74, 6) is 0.378. The van der Waals surface area contributed by atoms with Crippen LogP contribution < -0.4 is 0 Å². The molecule has 0 fully saturated rings. The van der Waals surface area contributed by atoms with Gasteiger partial charge in [0.25, 0.3) is 0 Å². The van der Waals surface area contributed by atoms with Crippen molar-refractivity contribution in [1.82, 2.24) is 0 Å². The van der Waals surface area contributed by atoms with E-state index < -0.39 is 12.2 Å². The molecule has 0 heterocycles. The summed E-state index contributed by atoms with van der Waals surface area (Å²) in [4.78, 5) is 0. The average Bonchev–Trinajstić information content (AvgIpc) is 2.12. The zero-order valence-corrected chi connectivity index (χ0v) is 8.62. The number of hydrogen-bond donors (Lipinski definition) is 2. The predicted molar refractivity (Wildman–Crippen MR) is 50.9 cm³/mol. The van der Waals surface area contributed by atoms with E-state index in [4.69, 9.17) is 0 Å². The van der Waals surface area contributed by atoms with Gasteiger partial charge < -0.3 is 10.2 Å². The second-order valence-electron chi connectivity index (χ2n) is 3.75. The summed E-state index contributed by atoms with van der Waals surface area (Å²) in [5.41, 5.74) is 0. The quantitative estimate of drug-likeness (QED) is 0.667. The van der Waals surface area contributed by atoms with Gasteiger partial charge in [-0.3, -0.25) is 0 Å². The molecule has 0 aromatic rings. The van der Waals surface area contributed by atoms with Gasteiger partial charge in [-0.25, -0.2) is 0 Å². The molecule has 12 heavy (non-hydrogen) atoms. The molecule has 74 valence electrons.